The van der Waals surface area contributed by atoms with E-state index in [0.717, 1.165) is 5.56 Å². The Labute approximate surface area is 122 Å². The predicted octanol–water partition coefficient (Wildman–Crippen LogP) is 4.45. The van der Waals surface area contributed by atoms with E-state index in [4.69, 9.17) is 0 Å². The summed E-state index contributed by atoms with van der Waals surface area (Å²) in [6, 6.07) is 10.4. The predicted molar refractivity (Wildman–Crippen MR) is 80.0 cm³/mol. The fourth-order valence-corrected chi connectivity index (χ4v) is 5.23. The SMILES string of the molecule is Cc1cc(C)c([P@@](=O)(c2ccccc2)C(F)(F)F)c(C)c1. The van der Waals surface area contributed by atoms with Crippen LogP contribution in [0, 0.1) is 20.8 Å². The summed E-state index contributed by atoms with van der Waals surface area (Å²) in [5.74, 6) is -4.81. The largest absolute Gasteiger partial charge is 0.448 e. The van der Waals surface area contributed by atoms with Crippen LogP contribution in [0.1, 0.15) is 16.7 Å². The van der Waals surface area contributed by atoms with Crippen LogP contribution in [-0.4, -0.2) is 5.92 Å². The van der Waals surface area contributed by atoms with E-state index in [1.807, 2.05) is 6.92 Å². The molecule has 0 fully saturated rings. The third-order valence-electron chi connectivity index (χ3n) is 3.43. The summed E-state index contributed by atoms with van der Waals surface area (Å²) in [6.45, 7) is 4.97. The van der Waals surface area contributed by atoms with E-state index >= 15 is 0 Å². The van der Waals surface area contributed by atoms with Gasteiger partial charge in [0.15, 0.2) is 0 Å². The molecule has 0 spiro atoms. The average Bonchev–Trinajstić information content (AvgIpc) is 2.37. The van der Waals surface area contributed by atoms with Gasteiger partial charge in [0.1, 0.15) is 0 Å². The molecule has 0 saturated heterocycles. The van der Waals surface area contributed by atoms with Crippen molar-refractivity contribution in [1.29, 1.82) is 0 Å². The number of hydrogen-bond donors (Lipinski definition) is 0. The zero-order chi connectivity index (χ0) is 15.8. The highest BCUT2D eigenvalue weighted by molar-refractivity contribution is 7.79. The second-order valence-corrected chi connectivity index (χ2v) is 7.85. The van der Waals surface area contributed by atoms with Gasteiger partial charge >= 0.3 is 5.92 Å². The molecule has 0 bridgehead atoms. The Kier molecular flexibility index (Phi) is 4.03. The molecular weight excluding hydrogens is 296 g/mol. The third-order valence-corrected chi connectivity index (χ3v) is 6.50. The van der Waals surface area contributed by atoms with Gasteiger partial charge in [-0.2, -0.15) is 13.2 Å². The maximum atomic E-state index is 13.7. The Morgan fingerprint density at radius 3 is 1.81 bits per heavy atom. The Hall–Kier alpha value is -1.54. The Morgan fingerprint density at radius 1 is 0.905 bits per heavy atom. The first-order valence-electron chi connectivity index (χ1n) is 6.49. The molecule has 5 heteroatoms. The highest BCUT2D eigenvalue weighted by atomic mass is 31.2. The second-order valence-electron chi connectivity index (χ2n) is 5.16. The van der Waals surface area contributed by atoms with Crippen molar-refractivity contribution in [3.05, 3.63) is 59.2 Å². The molecule has 0 aliphatic rings. The highest BCUT2D eigenvalue weighted by Gasteiger charge is 2.54. The van der Waals surface area contributed by atoms with Crippen LogP contribution < -0.4 is 10.6 Å². The van der Waals surface area contributed by atoms with Crippen LogP contribution in [0.2, 0.25) is 0 Å². The summed E-state index contributed by atoms with van der Waals surface area (Å²) in [5.41, 5.74) is 1.68. The quantitative estimate of drug-likeness (QED) is 0.749. The number of hydrogen-bond acceptors (Lipinski definition) is 1. The molecule has 112 valence electrons. The lowest BCUT2D eigenvalue weighted by Crippen LogP contribution is -2.30. The summed E-state index contributed by atoms with van der Waals surface area (Å²) < 4.78 is 54.1. The third kappa shape index (κ3) is 2.65. The van der Waals surface area contributed by atoms with Crippen molar-refractivity contribution in [2.24, 2.45) is 0 Å². The van der Waals surface area contributed by atoms with Gasteiger partial charge in [0.2, 0.25) is 7.14 Å². The van der Waals surface area contributed by atoms with Crippen molar-refractivity contribution < 1.29 is 17.7 Å². The van der Waals surface area contributed by atoms with Crippen molar-refractivity contribution in [1.82, 2.24) is 0 Å². The van der Waals surface area contributed by atoms with E-state index in [1.165, 1.54) is 24.3 Å². The first-order valence-corrected chi connectivity index (χ1v) is 8.19. The summed E-state index contributed by atoms with van der Waals surface area (Å²) in [4.78, 5) is 0. The van der Waals surface area contributed by atoms with E-state index in [9.17, 15) is 17.7 Å². The lowest BCUT2D eigenvalue weighted by molar-refractivity contribution is -0.0437. The van der Waals surface area contributed by atoms with Crippen LogP contribution >= 0.6 is 7.14 Å². The van der Waals surface area contributed by atoms with Crippen molar-refractivity contribution in [2.45, 2.75) is 26.7 Å². The van der Waals surface area contributed by atoms with Crippen LogP contribution in [0.15, 0.2) is 42.5 Å². The fourth-order valence-electron chi connectivity index (χ4n) is 2.71. The Balaban J connectivity index is 2.84. The monoisotopic (exact) mass is 312 g/mol. The number of rotatable bonds is 2. The first kappa shape index (κ1) is 15.8. The van der Waals surface area contributed by atoms with E-state index in [-0.39, 0.29) is 10.6 Å². The van der Waals surface area contributed by atoms with Gasteiger partial charge in [0, 0.05) is 10.6 Å². The normalized spacial score (nSPS) is 14.8. The van der Waals surface area contributed by atoms with Gasteiger partial charge in [-0.05, 0) is 31.9 Å². The van der Waals surface area contributed by atoms with Gasteiger partial charge in [-0.1, -0.05) is 48.0 Å². The molecule has 0 amide bonds. The number of aryl methyl sites for hydroxylation is 3. The van der Waals surface area contributed by atoms with Crippen molar-refractivity contribution in [3.63, 3.8) is 0 Å². The number of benzene rings is 2. The topological polar surface area (TPSA) is 17.1 Å². The molecule has 21 heavy (non-hydrogen) atoms. The summed E-state index contributed by atoms with van der Waals surface area (Å²) in [6.07, 6.45) is 0. The van der Waals surface area contributed by atoms with Gasteiger partial charge < -0.3 is 4.57 Å². The first-order chi connectivity index (χ1) is 9.68. The lowest BCUT2D eigenvalue weighted by atomic mass is 10.1. The molecule has 1 atom stereocenters. The molecular formula is C16H16F3OP. The molecule has 0 N–H and O–H groups in total. The van der Waals surface area contributed by atoms with E-state index in [2.05, 4.69) is 0 Å². The molecule has 0 aliphatic carbocycles. The van der Waals surface area contributed by atoms with Crippen LogP contribution in [0.3, 0.4) is 0 Å². The molecule has 0 radical (unpaired) electrons. The van der Waals surface area contributed by atoms with Crippen molar-refractivity contribution in [3.8, 4) is 0 Å². The molecule has 1 nitrogen and oxygen atoms in total. The summed E-state index contributed by atoms with van der Waals surface area (Å²) in [5, 5.41) is -0.264. The number of halogens is 3. The maximum absolute atomic E-state index is 13.7. The van der Waals surface area contributed by atoms with E-state index in [0.29, 0.717) is 11.1 Å². The van der Waals surface area contributed by atoms with E-state index < -0.39 is 13.1 Å². The Bertz CT molecular complexity index is 682. The maximum Gasteiger partial charge on any atom is 0.448 e. The van der Waals surface area contributed by atoms with Crippen LogP contribution in [-0.2, 0) is 4.57 Å². The fraction of sp³-hybridized carbons (Fsp3) is 0.250. The van der Waals surface area contributed by atoms with Crippen LogP contribution in [0.25, 0.3) is 0 Å². The number of alkyl halides is 3. The van der Waals surface area contributed by atoms with Gasteiger partial charge in [-0.15, -0.1) is 0 Å². The molecule has 0 aliphatic heterocycles. The average molecular weight is 312 g/mol. The van der Waals surface area contributed by atoms with Gasteiger partial charge in [0.05, 0.1) is 0 Å². The van der Waals surface area contributed by atoms with Gasteiger partial charge in [-0.25, -0.2) is 0 Å². The molecule has 2 aromatic carbocycles. The van der Waals surface area contributed by atoms with E-state index in [1.54, 1.807) is 32.0 Å². The smallest absolute Gasteiger partial charge is 0.304 e. The summed E-state index contributed by atoms with van der Waals surface area (Å²) in [7, 11) is -4.70. The van der Waals surface area contributed by atoms with Crippen LogP contribution in [0.5, 0.6) is 0 Å². The second kappa shape index (κ2) is 5.34. The highest BCUT2D eigenvalue weighted by Crippen LogP contribution is 2.59. The van der Waals surface area contributed by atoms with Crippen LogP contribution in [0.4, 0.5) is 13.2 Å². The zero-order valence-electron chi connectivity index (χ0n) is 12.0. The molecule has 0 saturated carbocycles. The minimum Gasteiger partial charge on any atom is -0.304 e. The van der Waals surface area contributed by atoms with Gasteiger partial charge in [0.25, 0.3) is 0 Å². The summed E-state index contributed by atoms with van der Waals surface area (Å²) >= 11 is 0. The molecule has 0 aromatic heterocycles. The molecule has 2 rings (SSSR count). The molecule has 0 unspecified atom stereocenters. The Morgan fingerprint density at radius 2 is 1.38 bits per heavy atom. The van der Waals surface area contributed by atoms with Crippen molar-refractivity contribution >= 4 is 17.8 Å². The van der Waals surface area contributed by atoms with Crippen molar-refractivity contribution in [2.75, 3.05) is 0 Å². The zero-order valence-corrected chi connectivity index (χ0v) is 12.9. The van der Waals surface area contributed by atoms with Gasteiger partial charge in [-0.3, -0.25) is 0 Å². The standard InChI is InChI=1S/C16H16F3OP/c1-11-9-12(2)15(13(3)10-11)21(20,16(17,18)19)14-7-5-4-6-8-14/h4-10H,1-3H3/t21-/m0/s1. The minimum atomic E-state index is -4.81. The minimum absolute atomic E-state index is 0.0909. The molecule has 0 heterocycles. The lowest BCUT2D eigenvalue weighted by Gasteiger charge is -2.25. The molecule has 2 aromatic rings.